The average molecular weight is 218 g/mol. The number of hydrogen-bond acceptors (Lipinski definition) is 2. The fourth-order valence-electron chi connectivity index (χ4n) is 1.57. The number of hydrogen-bond donors (Lipinski definition) is 3. The lowest BCUT2D eigenvalue weighted by atomic mass is 10.1. The summed E-state index contributed by atoms with van der Waals surface area (Å²) in [5.41, 5.74) is 6.09. The molecule has 0 aliphatic heterocycles. The first-order valence-corrected chi connectivity index (χ1v) is 5.58. The summed E-state index contributed by atoms with van der Waals surface area (Å²) in [7, 11) is 0. The van der Waals surface area contributed by atoms with Crippen LogP contribution in [0.2, 0.25) is 0 Å². The number of guanidine groups is 1. The van der Waals surface area contributed by atoms with Crippen LogP contribution in [0.15, 0.2) is 23.2 Å². The number of rotatable bonds is 2. The summed E-state index contributed by atoms with van der Waals surface area (Å²) in [5.74, 6) is 6.08. The van der Waals surface area contributed by atoms with Crippen molar-refractivity contribution >= 4 is 11.6 Å². The molecule has 0 heterocycles. The summed E-state index contributed by atoms with van der Waals surface area (Å²) < 4.78 is 0. The van der Waals surface area contributed by atoms with E-state index in [-0.39, 0.29) is 0 Å². The third kappa shape index (κ3) is 2.73. The molecule has 0 spiro atoms. The first kappa shape index (κ1) is 11.0. The number of nitrogens with zero attached hydrogens (tertiary/aromatic N) is 1. The number of aryl methyl sites for hydroxylation is 2. The molecule has 4 N–H and O–H groups in total. The maximum Gasteiger partial charge on any atom is 0.210 e. The molecule has 0 unspecified atom stereocenters. The van der Waals surface area contributed by atoms with E-state index in [1.165, 1.54) is 24.0 Å². The third-order valence-corrected chi connectivity index (χ3v) is 2.63. The van der Waals surface area contributed by atoms with Gasteiger partial charge in [-0.15, -0.1) is 0 Å². The number of benzene rings is 1. The van der Waals surface area contributed by atoms with E-state index < -0.39 is 0 Å². The molecule has 4 nitrogen and oxygen atoms in total. The lowest BCUT2D eigenvalue weighted by Gasteiger charge is -2.11. The average Bonchev–Trinajstić information content (AvgIpc) is 3.04. The van der Waals surface area contributed by atoms with E-state index in [1.54, 1.807) is 0 Å². The van der Waals surface area contributed by atoms with Crippen LogP contribution in [0.3, 0.4) is 0 Å². The molecule has 1 saturated carbocycles. The minimum absolute atomic E-state index is 0.448. The maximum absolute atomic E-state index is 5.43. The Hall–Kier alpha value is -1.55. The summed E-state index contributed by atoms with van der Waals surface area (Å²) in [6.07, 6.45) is 2.33. The van der Waals surface area contributed by atoms with Gasteiger partial charge < -0.3 is 5.32 Å². The molecular weight excluding hydrogens is 200 g/mol. The van der Waals surface area contributed by atoms with E-state index in [0.717, 1.165) is 5.69 Å². The molecule has 0 radical (unpaired) electrons. The molecule has 86 valence electrons. The van der Waals surface area contributed by atoms with Crippen molar-refractivity contribution in [3.05, 3.63) is 29.3 Å². The van der Waals surface area contributed by atoms with Gasteiger partial charge in [-0.3, -0.25) is 5.43 Å². The topological polar surface area (TPSA) is 62.4 Å². The minimum atomic E-state index is 0.448. The van der Waals surface area contributed by atoms with Crippen molar-refractivity contribution in [2.75, 3.05) is 5.32 Å². The molecule has 4 heteroatoms. The fourth-order valence-corrected chi connectivity index (χ4v) is 1.57. The molecule has 0 bridgehead atoms. The number of anilines is 1. The molecule has 1 aliphatic rings. The van der Waals surface area contributed by atoms with Gasteiger partial charge in [0.1, 0.15) is 0 Å². The van der Waals surface area contributed by atoms with Gasteiger partial charge in [0.25, 0.3) is 0 Å². The van der Waals surface area contributed by atoms with Crippen molar-refractivity contribution in [3.63, 3.8) is 0 Å². The van der Waals surface area contributed by atoms with Crippen molar-refractivity contribution in [2.24, 2.45) is 10.8 Å². The highest BCUT2D eigenvalue weighted by molar-refractivity contribution is 5.94. The Morgan fingerprint density at radius 2 is 2.12 bits per heavy atom. The second-order valence-electron chi connectivity index (χ2n) is 4.30. The molecule has 1 aromatic carbocycles. The summed E-state index contributed by atoms with van der Waals surface area (Å²) in [5, 5.41) is 3.21. The number of hydrazine groups is 1. The van der Waals surface area contributed by atoms with Gasteiger partial charge in [0.05, 0.1) is 6.04 Å². The van der Waals surface area contributed by atoms with Crippen LogP contribution in [-0.4, -0.2) is 12.0 Å². The van der Waals surface area contributed by atoms with Crippen LogP contribution >= 0.6 is 0 Å². The lowest BCUT2D eigenvalue weighted by Crippen LogP contribution is -2.36. The van der Waals surface area contributed by atoms with E-state index in [0.29, 0.717) is 12.0 Å². The quantitative estimate of drug-likeness (QED) is 0.306. The Bertz CT molecular complexity index is 407. The zero-order chi connectivity index (χ0) is 11.5. The standard InChI is InChI=1S/C12H18N4/c1-8-3-6-11(9(2)7-8)15-12(16-13)14-10-4-5-10/h3,6-7,10H,4-5,13H2,1-2H3,(H2,14,15,16). The molecule has 0 aromatic heterocycles. The Kier molecular flexibility index (Phi) is 3.10. The van der Waals surface area contributed by atoms with Gasteiger partial charge in [-0.25, -0.2) is 10.8 Å². The largest absolute Gasteiger partial charge is 0.325 e. The summed E-state index contributed by atoms with van der Waals surface area (Å²) >= 11 is 0. The lowest BCUT2D eigenvalue weighted by molar-refractivity contribution is 0.965. The first-order valence-electron chi connectivity index (χ1n) is 5.58. The summed E-state index contributed by atoms with van der Waals surface area (Å²) in [6.45, 7) is 4.15. The van der Waals surface area contributed by atoms with Gasteiger partial charge in [0.15, 0.2) is 0 Å². The second kappa shape index (κ2) is 4.53. The van der Waals surface area contributed by atoms with Crippen molar-refractivity contribution in [1.82, 2.24) is 5.43 Å². The fraction of sp³-hybridized carbons (Fsp3) is 0.417. The Morgan fingerprint density at radius 1 is 1.38 bits per heavy atom. The van der Waals surface area contributed by atoms with E-state index in [4.69, 9.17) is 5.84 Å². The zero-order valence-corrected chi connectivity index (χ0v) is 9.75. The Morgan fingerprint density at radius 3 is 2.69 bits per heavy atom. The van der Waals surface area contributed by atoms with Crippen molar-refractivity contribution in [2.45, 2.75) is 32.7 Å². The number of aliphatic imine (C=N–C) groups is 1. The van der Waals surface area contributed by atoms with Gasteiger partial charge in [-0.2, -0.15) is 0 Å². The molecule has 1 aliphatic carbocycles. The van der Waals surface area contributed by atoms with Gasteiger partial charge in [-0.05, 0) is 38.3 Å². The minimum Gasteiger partial charge on any atom is -0.325 e. The molecule has 0 saturated heterocycles. The highest BCUT2D eigenvalue weighted by atomic mass is 15.3. The second-order valence-corrected chi connectivity index (χ2v) is 4.30. The monoisotopic (exact) mass is 218 g/mol. The van der Waals surface area contributed by atoms with Gasteiger partial charge >= 0.3 is 0 Å². The molecule has 1 fully saturated rings. The van der Waals surface area contributed by atoms with Gasteiger partial charge in [0, 0.05) is 5.69 Å². The predicted octanol–water partition coefficient (Wildman–Crippen LogP) is 1.70. The van der Waals surface area contributed by atoms with E-state index in [1.807, 2.05) is 6.07 Å². The number of nitrogens with two attached hydrogens (primary N) is 1. The molecule has 2 rings (SSSR count). The van der Waals surface area contributed by atoms with Crippen LogP contribution in [0, 0.1) is 13.8 Å². The molecule has 16 heavy (non-hydrogen) atoms. The van der Waals surface area contributed by atoms with Gasteiger partial charge in [0.2, 0.25) is 5.96 Å². The van der Waals surface area contributed by atoms with E-state index in [9.17, 15) is 0 Å². The zero-order valence-electron chi connectivity index (χ0n) is 9.75. The van der Waals surface area contributed by atoms with Crippen molar-refractivity contribution in [1.29, 1.82) is 0 Å². The van der Waals surface area contributed by atoms with Crippen LogP contribution < -0.4 is 16.6 Å². The van der Waals surface area contributed by atoms with Crippen LogP contribution in [-0.2, 0) is 0 Å². The Balaban J connectivity index is 2.12. The highest BCUT2D eigenvalue weighted by Crippen LogP contribution is 2.23. The van der Waals surface area contributed by atoms with Crippen LogP contribution in [0.4, 0.5) is 5.69 Å². The highest BCUT2D eigenvalue weighted by Gasteiger charge is 2.21. The molecular formula is C12H18N4. The normalized spacial score (nSPS) is 16.1. The first-order chi connectivity index (χ1) is 7.69. The molecule has 1 aromatic rings. The van der Waals surface area contributed by atoms with Crippen LogP contribution in [0.5, 0.6) is 0 Å². The summed E-state index contributed by atoms with van der Waals surface area (Å²) in [6, 6.07) is 6.70. The Labute approximate surface area is 95.9 Å². The smallest absolute Gasteiger partial charge is 0.210 e. The number of nitrogens with one attached hydrogen (secondary N) is 2. The van der Waals surface area contributed by atoms with Crippen molar-refractivity contribution in [3.8, 4) is 0 Å². The predicted molar refractivity (Wildman–Crippen MR) is 67.3 cm³/mol. The van der Waals surface area contributed by atoms with Crippen molar-refractivity contribution < 1.29 is 0 Å². The van der Waals surface area contributed by atoms with Gasteiger partial charge in [-0.1, -0.05) is 17.7 Å². The summed E-state index contributed by atoms with van der Waals surface area (Å²) in [4.78, 5) is 4.43. The molecule has 0 amide bonds. The van der Waals surface area contributed by atoms with E-state index >= 15 is 0 Å². The van der Waals surface area contributed by atoms with Crippen LogP contribution in [0.25, 0.3) is 0 Å². The maximum atomic E-state index is 5.43. The molecule has 0 atom stereocenters. The third-order valence-electron chi connectivity index (χ3n) is 2.63. The van der Waals surface area contributed by atoms with E-state index in [2.05, 4.69) is 41.7 Å². The van der Waals surface area contributed by atoms with Crippen LogP contribution in [0.1, 0.15) is 24.0 Å². The SMILES string of the molecule is Cc1ccc(NC(=NC2CC2)NN)c(C)c1.